The van der Waals surface area contributed by atoms with Crippen LogP contribution in [-0.2, 0) is 6.54 Å². The Kier molecular flexibility index (Phi) is 5.50. The Bertz CT molecular complexity index is 1290. The molecular weight excluding hydrogens is 400 g/mol. The maximum Gasteiger partial charge on any atom is 0.278 e. The van der Waals surface area contributed by atoms with Gasteiger partial charge in [0.15, 0.2) is 10.8 Å². The number of nitrogens with zero attached hydrogens (tertiary/aromatic N) is 3. The van der Waals surface area contributed by atoms with Gasteiger partial charge in [-0.05, 0) is 37.1 Å². The molecule has 0 radical (unpaired) electrons. The van der Waals surface area contributed by atoms with E-state index in [4.69, 9.17) is 4.74 Å². The molecule has 2 aromatic heterocycles. The smallest absolute Gasteiger partial charge is 0.278 e. The second kappa shape index (κ2) is 8.23. The van der Waals surface area contributed by atoms with Crippen LogP contribution < -0.4 is 15.6 Å². The van der Waals surface area contributed by atoms with Gasteiger partial charge in [-0.2, -0.15) is 5.10 Å². The number of nitrogens with one attached hydrogen (secondary N) is 1. The lowest BCUT2D eigenvalue weighted by Gasteiger charge is -2.12. The second-order valence-electron chi connectivity index (χ2n) is 7.31. The van der Waals surface area contributed by atoms with Crippen molar-refractivity contribution in [1.82, 2.24) is 14.8 Å². The SMILES string of the molecule is CCOc1ccc2nc(NC(=O)c3nn(CC(C)C)c(=O)c4ccccc34)sc2c1. The van der Waals surface area contributed by atoms with Gasteiger partial charge in [-0.15, -0.1) is 0 Å². The first kappa shape index (κ1) is 20.0. The molecule has 0 aliphatic heterocycles. The van der Waals surface area contributed by atoms with E-state index in [2.05, 4.69) is 15.4 Å². The number of amides is 1. The Hall–Kier alpha value is -3.26. The third-order valence-electron chi connectivity index (χ3n) is 4.51. The zero-order chi connectivity index (χ0) is 21.3. The summed E-state index contributed by atoms with van der Waals surface area (Å²) in [6, 6.07) is 12.7. The van der Waals surface area contributed by atoms with Gasteiger partial charge in [0, 0.05) is 11.9 Å². The first-order valence-corrected chi connectivity index (χ1v) is 10.6. The molecule has 0 saturated carbocycles. The molecule has 4 aromatic rings. The minimum absolute atomic E-state index is 0.195. The molecule has 0 fully saturated rings. The van der Waals surface area contributed by atoms with Crippen LogP contribution in [0, 0.1) is 5.92 Å². The molecule has 2 heterocycles. The maximum atomic E-state index is 13.1. The van der Waals surface area contributed by atoms with Crippen molar-refractivity contribution in [1.29, 1.82) is 0 Å². The van der Waals surface area contributed by atoms with Gasteiger partial charge in [-0.1, -0.05) is 43.4 Å². The fraction of sp³-hybridized carbons (Fsp3) is 0.273. The second-order valence-corrected chi connectivity index (χ2v) is 8.34. The zero-order valence-electron chi connectivity index (χ0n) is 17.0. The van der Waals surface area contributed by atoms with Crippen LogP contribution in [0.4, 0.5) is 5.13 Å². The summed E-state index contributed by atoms with van der Waals surface area (Å²) in [5.41, 5.74) is 0.792. The number of rotatable bonds is 6. The summed E-state index contributed by atoms with van der Waals surface area (Å²) in [6.07, 6.45) is 0. The Balaban J connectivity index is 1.71. The highest BCUT2D eigenvalue weighted by atomic mass is 32.1. The number of anilines is 1. The molecule has 8 heteroatoms. The van der Waals surface area contributed by atoms with Crippen molar-refractivity contribution >= 4 is 43.4 Å². The van der Waals surface area contributed by atoms with Gasteiger partial charge in [0.05, 0.1) is 22.2 Å². The van der Waals surface area contributed by atoms with E-state index in [-0.39, 0.29) is 17.2 Å². The Labute approximate surface area is 177 Å². The van der Waals surface area contributed by atoms with Gasteiger partial charge in [-0.3, -0.25) is 14.9 Å². The third-order valence-corrected chi connectivity index (χ3v) is 5.45. The fourth-order valence-corrected chi connectivity index (χ4v) is 4.13. The van der Waals surface area contributed by atoms with Gasteiger partial charge in [-0.25, -0.2) is 9.67 Å². The van der Waals surface area contributed by atoms with E-state index in [1.54, 1.807) is 24.3 Å². The minimum Gasteiger partial charge on any atom is -0.494 e. The van der Waals surface area contributed by atoms with Crippen LogP contribution in [-0.4, -0.2) is 27.3 Å². The Morgan fingerprint density at radius 3 is 2.70 bits per heavy atom. The predicted octanol–water partition coefficient (Wildman–Crippen LogP) is 4.31. The molecule has 0 saturated heterocycles. The molecular formula is C22H22N4O3S. The van der Waals surface area contributed by atoms with Gasteiger partial charge < -0.3 is 4.74 Å². The molecule has 4 rings (SSSR count). The number of hydrogen-bond donors (Lipinski definition) is 1. The quantitative estimate of drug-likeness (QED) is 0.500. The highest BCUT2D eigenvalue weighted by Gasteiger charge is 2.18. The van der Waals surface area contributed by atoms with Gasteiger partial charge in [0.2, 0.25) is 0 Å². The van der Waals surface area contributed by atoms with Crippen molar-refractivity contribution in [3.63, 3.8) is 0 Å². The number of ether oxygens (including phenoxy) is 1. The summed E-state index contributed by atoms with van der Waals surface area (Å²) < 4.78 is 7.81. The van der Waals surface area contributed by atoms with Crippen LogP contribution in [0.1, 0.15) is 31.3 Å². The van der Waals surface area contributed by atoms with Crippen LogP contribution in [0.3, 0.4) is 0 Å². The van der Waals surface area contributed by atoms with Crippen molar-refractivity contribution in [3.8, 4) is 5.75 Å². The molecule has 30 heavy (non-hydrogen) atoms. The molecule has 0 bridgehead atoms. The topological polar surface area (TPSA) is 86.1 Å². The summed E-state index contributed by atoms with van der Waals surface area (Å²) >= 11 is 1.36. The van der Waals surface area contributed by atoms with Crippen molar-refractivity contribution in [2.24, 2.45) is 5.92 Å². The fourth-order valence-electron chi connectivity index (χ4n) is 3.24. The summed E-state index contributed by atoms with van der Waals surface area (Å²) in [4.78, 5) is 30.3. The number of thiazole rings is 1. The number of carbonyl (C=O) groups is 1. The van der Waals surface area contributed by atoms with E-state index in [1.165, 1.54) is 16.0 Å². The molecule has 0 spiro atoms. The van der Waals surface area contributed by atoms with Crippen molar-refractivity contribution in [3.05, 3.63) is 58.5 Å². The number of benzene rings is 2. The largest absolute Gasteiger partial charge is 0.494 e. The van der Waals surface area contributed by atoms with E-state index in [1.807, 2.05) is 39.0 Å². The summed E-state index contributed by atoms with van der Waals surface area (Å²) in [5, 5.41) is 8.69. The first-order chi connectivity index (χ1) is 14.5. The molecule has 0 unspecified atom stereocenters. The number of carbonyl (C=O) groups excluding carboxylic acids is 1. The molecule has 0 aliphatic rings. The van der Waals surface area contributed by atoms with Crippen LogP contribution in [0.25, 0.3) is 21.0 Å². The molecule has 7 nitrogen and oxygen atoms in total. The van der Waals surface area contributed by atoms with Crippen molar-refractivity contribution in [2.75, 3.05) is 11.9 Å². The highest BCUT2D eigenvalue weighted by Crippen LogP contribution is 2.29. The van der Waals surface area contributed by atoms with E-state index in [0.717, 1.165) is 16.0 Å². The van der Waals surface area contributed by atoms with Crippen LogP contribution >= 0.6 is 11.3 Å². The standard InChI is InChI=1S/C22H22N4O3S/c1-4-29-14-9-10-17-18(11-14)30-22(23-17)24-20(27)19-15-7-5-6-8-16(15)21(28)26(25-19)12-13(2)3/h5-11,13H,4,12H2,1-3H3,(H,23,24,27). The lowest BCUT2D eigenvalue weighted by molar-refractivity contribution is 0.102. The van der Waals surface area contributed by atoms with E-state index >= 15 is 0 Å². The lowest BCUT2D eigenvalue weighted by Crippen LogP contribution is -2.29. The van der Waals surface area contributed by atoms with Crippen LogP contribution in [0.2, 0.25) is 0 Å². The highest BCUT2D eigenvalue weighted by molar-refractivity contribution is 7.22. The minimum atomic E-state index is -0.396. The van der Waals surface area contributed by atoms with Gasteiger partial charge in [0.25, 0.3) is 11.5 Å². The monoisotopic (exact) mass is 422 g/mol. The van der Waals surface area contributed by atoms with Crippen molar-refractivity contribution < 1.29 is 9.53 Å². The summed E-state index contributed by atoms with van der Waals surface area (Å²) in [6.45, 7) is 6.95. The molecule has 0 aliphatic carbocycles. The molecule has 2 aromatic carbocycles. The molecule has 0 atom stereocenters. The summed E-state index contributed by atoms with van der Waals surface area (Å²) in [5.74, 6) is 0.587. The molecule has 1 amide bonds. The average Bonchev–Trinajstić information content (AvgIpc) is 3.11. The zero-order valence-corrected chi connectivity index (χ0v) is 17.8. The summed E-state index contributed by atoms with van der Waals surface area (Å²) in [7, 11) is 0. The predicted molar refractivity (Wildman–Crippen MR) is 120 cm³/mol. The number of fused-ring (bicyclic) bond motifs is 2. The van der Waals surface area contributed by atoms with E-state index in [0.29, 0.717) is 29.1 Å². The number of hydrogen-bond acceptors (Lipinski definition) is 6. The average molecular weight is 423 g/mol. The molecule has 154 valence electrons. The normalized spacial score (nSPS) is 11.3. The Morgan fingerprint density at radius 2 is 1.97 bits per heavy atom. The first-order valence-electron chi connectivity index (χ1n) is 9.81. The van der Waals surface area contributed by atoms with Crippen LogP contribution in [0.5, 0.6) is 5.75 Å². The number of aromatic nitrogens is 3. The maximum absolute atomic E-state index is 13.1. The Morgan fingerprint density at radius 1 is 1.20 bits per heavy atom. The van der Waals surface area contributed by atoms with Gasteiger partial charge in [0.1, 0.15) is 5.75 Å². The van der Waals surface area contributed by atoms with E-state index in [9.17, 15) is 9.59 Å². The van der Waals surface area contributed by atoms with Crippen molar-refractivity contribution in [2.45, 2.75) is 27.3 Å². The van der Waals surface area contributed by atoms with Crippen LogP contribution in [0.15, 0.2) is 47.3 Å². The lowest BCUT2D eigenvalue weighted by atomic mass is 10.1. The van der Waals surface area contributed by atoms with E-state index < -0.39 is 5.91 Å². The third kappa shape index (κ3) is 3.91. The van der Waals surface area contributed by atoms with Gasteiger partial charge >= 0.3 is 0 Å². The molecule has 1 N–H and O–H groups in total.